The molecule has 0 spiro atoms. The molecule has 0 unspecified atom stereocenters. The van der Waals surface area contributed by atoms with E-state index >= 15 is 0 Å². The Morgan fingerprint density at radius 3 is 2.70 bits per heavy atom. The first-order valence-corrected chi connectivity index (χ1v) is 10.4. The summed E-state index contributed by atoms with van der Waals surface area (Å²) in [6.07, 6.45) is 0. The number of nitrogens with one attached hydrogen (secondary N) is 1. The minimum Gasteiger partial charge on any atom is -0.380 e. The summed E-state index contributed by atoms with van der Waals surface area (Å²) < 4.78 is 42.3. The van der Waals surface area contributed by atoms with Crippen molar-refractivity contribution in [3.63, 3.8) is 0 Å². The number of sulfone groups is 1. The first-order valence-electron chi connectivity index (χ1n) is 8.72. The maximum atomic E-state index is 13.7. The number of methoxy groups -OCH3 is 1. The lowest BCUT2D eigenvalue weighted by molar-refractivity contribution is 0.181. The van der Waals surface area contributed by atoms with Crippen molar-refractivity contribution in [1.82, 2.24) is 10.2 Å². The summed E-state index contributed by atoms with van der Waals surface area (Å²) in [5, 5.41) is 3.22. The summed E-state index contributed by atoms with van der Waals surface area (Å²) in [4.78, 5) is 6.60. The highest BCUT2D eigenvalue weighted by Gasteiger charge is 2.40. The number of nitrogens with zero attached hydrogens (tertiary/aromatic N) is 2. The van der Waals surface area contributed by atoms with Gasteiger partial charge in [0.05, 0.1) is 23.7 Å². The second-order valence-electron chi connectivity index (χ2n) is 7.03. The van der Waals surface area contributed by atoms with Crippen LogP contribution in [0.1, 0.15) is 31.9 Å². The van der Waals surface area contributed by atoms with Crippen molar-refractivity contribution in [1.29, 1.82) is 0 Å². The summed E-state index contributed by atoms with van der Waals surface area (Å²) in [5.41, 5.74) is 1.37. The quantitative estimate of drug-likeness (QED) is 0.373. The maximum absolute atomic E-state index is 13.7. The molecular weight excluding hydrogens is 484 g/mol. The molecule has 1 aliphatic rings. The third-order valence-electron chi connectivity index (χ3n) is 4.50. The Morgan fingerprint density at radius 2 is 2.11 bits per heavy atom. The van der Waals surface area contributed by atoms with Crippen LogP contribution in [0, 0.1) is 5.82 Å². The average molecular weight is 513 g/mol. The molecule has 1 aromatic rings. The first-order chi connectivity index (χ1) is 12.2. The van der Waals surface area contributed by atoms with Crippen LogP contribution in [0.25, 0.3) is 0 Å². The molecule has 1 N–H and O–H groups in total. The second-order valence-corrected chi connectivity index (χ2v) is 9.77. The normalized spacial score (nSPS) is 18.7. The van der Waals surface area contributed by atoms with Crippen molar-refractivity contribution in [2.45, 2.75) is 38.7 Å². The summed E-state index contributed by atoms with van der Waals surface area (Å²) in [5.74, 6) is 0.487. The van der Waals surface area contributed by atoms with E-state index in [0.717, 1.165) is 5.56 Å². The van der Waals surface area contributed by atoms with Gasteiger partial charge < -0.3 is 15.0 Å². The molecule has 27 heavy (non-hydrogen) atoms. The van der Waals surface area contributed by atoms with E-state index in [2.05, 4.69) is 10.3 Å². The smallest absolute Gasteiger partial charge is 0.194 e. The Kier molecular flexibility index (Phi) is 8.94. The van der Waals surface area contributed by atoms with Crippen LogP contribution in [-0.2, 0) is 27.7 Å². The first kappa shape index (κ1) is 24.1. The van der Waals surface area contributed by atoms with E-state index in [1.807, 2.05) is 11.8 Å². The molecule has 1 fully saturated rings. The lowest BCUT2D eigenvalue weighted by Gasteiger charge is -2.39. The van der Waals surface area contributed by atoms with Gasteiger partial charge in [-0.05, 0) is 38.5 Å². The van der Waals surface area contributed by atoms with Gasteiger partial charge in [0.2, 0.25) is 0 Å². The number of rotatable bonds is 5. The van der Waals surface area contributed by atoms with Gasteiger partial charge >= 0.3 is 0 Å². The molecule has 0 aliphatic carbocycles. The Balaban J connectivity index is 0.00000364. The summed E-state index contributed by atoms with van der Waals surface area (Å²) in [7, 11) is -1.58. The number of hydrogen-bond acceptors (Lipinski definition) is 4. The van der Waals surface area contributed by atoms with E-state index in [1.165, 1.54) is 13.2 Å². The number of aliphatic imine (C=N–C) groups is 1. The Hall–Kier alpha value is -0.940. The third kappa shape index (κ3) is 6.02. The van der Waals surface area contributed by atoms with Crippen LogP contribution in [-0.4, -0.2) is 56.5 Å². The molecule has 0 amide bonds. The van der Waals surface area contributed by atoms with Gasteiger partial charge in [0.15, 0.2) is 15.8 Å². The van der Waals surface area contributed by atoms with Crippen LogP contribution in [0.5, 0.6) is 0 Å². The van der Waals surface area contributed by atoms with Gasteiger partial charge in [-0.15, -0.1) is 24.0 Å². The molecule has 0 aromatic heterocycles. The molecule has 0 saturated carbocycles. The Bertz CT molecular complexity index is 769. The highest BCUT2D eigenvalue weighted by atomic mass is 127. The third-order valence-corrected chi connectivity index (χ3v) is 7.03. The SMILES string of the molecule is CCNC(=NCc1ccc(F)c(COC)c1)N1CCS(=O)(=O)C(C)(C)C1.I. The fourth-order valence-electron chi connectivity index (χ4n) is 2.91. The zero-order chi connectivity index (χ0) is 19.4. The van der Waals surface area contributed by atoms with E-state index in [9.17, 15) is 12.8 Å². The van der Waals surface area contributed by atoms with Crippen LogP contribution >= 0.6 is 24.0 Å². The predicted molar refractivity (Wildman–Crippen MR) is 117 cm³/mol. The molecule has 2 rings (SSSR count). The van der Waals surface area contributed by atoms with Crippen molar-refractivity contribution in [3.8, 4) is 0 Å². The van der Waals surface area contributed by atoms with E-state index in [4.69, 9.17) is 4.74 Å². The molecule has 6 nitrogen and oxygen atoms in total. The van der Waals surface area contributed by atoms with Gasteiger partial charge in [0.25, 0.3) is 0 Å². The highest BCUT2D eigenvalue weighted by Crippen LogP contribution is 2.24. The molecule has 1 saturated heterocycles. The fourth-order valence-corrected chi connectivity index (χ4v) is 4.27. The monoisotopic (exact) mass is 513 g/mol. The minimum absolute atomic E-state index is 0. The molecule has 0 atom stereocenters. The second kappa shape index (κ2) is 10.0. The van der Waals surface area contributed by atoms with E-state index in [1.54, 1.807) is 26.0 Å². The van der Waals surface area contributed by atoms with Crippen molar-refractivity contribution in [2.24, 2.45) is 4.99 Å². The van der Waals surface area contributed by atoms with Crippen molar-refractivity contribution < 1.29 is 17.5 Å². The van der Waals surface area contributed by atoms with Gasteiger partial charge in [-0.1, -0.05) is 6.07 Å². The van der Waals surface area contributed by atoms with Crippen molar-refractivity contribution >= 4 is 39.8 Å². The van der Waals surface area contributed by atoms with Gasteiger partial charge in [-0.2, -0.15) is 0 Å². The Labute approximate surface area is 178 Å². The number of ether oxygens (including phenoxy) is 1. The van der Waals surface area contributed by atoms with Crippen LogP contribution in [0.3, 0.4) is 0 Å². The largest absolute Gasteiger partial charge is 0.380 e. The van der Waals surface area contributed by atoms with E-state index in [-0.39, 0.29) is 42.2 Å². The van der Waals surface area contributed by atoms with Crippen LogP contribution in [0.15, 0.2) is 23.2 Å². The lowest BCUT2D eigenvalue weighted by atomic mass is 10.1. The van der Waals surface area contributed by atoms with Gasteiger partial charge in [-0.3, -0.25) is 0 Å². The van der Waals surface area contributed by atoms with Crippen molar-refractivity contribution in [2.75, 3.05) is 32.5 Å². The molecule has 9 heteroatoms. The molecular formula is C18H29FIN3O3S. The topological polar surface area (TPSA) is 71.0 Å². The summed E-state index contributed by atoms with van der Waals surface area (Å²) >= 11 is 0. The standard InChI is InChI=1S/C18H28FN3O3S.HI/c1-5-20-17(22-8-9-26(23,24)18(2,3)13-22)21-11-14-6-7-16(19)15(10-14)12-25-4;/h6-7,10H,5,8-9,11-13H2,1-4H3,(H,20,21);1H. The average Bonchev–Trinajstić information content (AvgIpc) is 2.57. The molecule has 1 aliphatic heterocycles. The number of hydrogen-bond donors (Lipinski definition) is 1. The van der Waals surface area contributed by atoms with Gasteiger partial charge in [-0.25, -0.2) is 17.8 Å². The number of benzene rings is 1. The van der Waals surface area contributed by atoms with Crippen LogP contribution in [0.2, 0.25) is 0 Å². The predicted octanol–water partition coefficient (Wildman–Crippen LogP) is 2.56. The van der Waals surface area contributed by atoms with Crippen molar-refractivity contribution in [3.05, 3.63) is 35.1 Å². The molecule has 1 heterocycles. The van der Waals surface area contributed by atoms with E-state index < -0.39 is 14.6 Å². The molecule has 154 valence electrons. The van der Waals surface area contributed by atoms with Gasteiger partial charge in [0.1, 0.15) is 5.82 Å². The lowest BCUT2D eigenvalue weighted by Crippen LogP contribution is -2.57. The van der Waals surface area contributed by atoms with Gasteiger partial charge in [0, 0.05) is 32.3 Å². The Morgan fingerprint density at radius 1 is 1.41 bits per heavy atom. The fraction of sp³-hybridized carbons (Fsp3) is 0.611. The summed E-state index contributed by atoms with van der Waals surface area (Å²) in [6.45, 7) is 7.53. The maximum Gasteiger partial charge on any atom is 0.194 e. The summed E-state index contributed by atoms with van der Waals surface area (Å²) in [6, 6.07) is 4.87. The molecule has 0 bridgehead atoms. The van der Waals surface area contributed by atoms with Crippen LogP contribution in [0.4, 0.5) is 4.39 Å². The van der Waals surface area contributed by atoms with E-state index in [0.29, 0.717) is 37.7 Å². The minimum atomic E-state index is -3.11. The number of halogens is 2. The highest BCUT2D eigenvalue weighted by molar-refractivity contribution is 14.0. The molecule has 1 aromatic carbocycles. The van der Waals surface area contributed by atoms with Crippen LogP contribution < -0.4 is 5.32 Å². The zero-order valence-corrected chi connectivity index (χ0v) is 19.4. The molecule has 0 radical (unpaired) electrons. The zero-order valence-electron chi connectivity index (χ0n) is 16.3. The number of guanidine groups is 1.